The number of carboxylic acids is 1. The largest absolute Gasteiger partial charge is 0.481 e. The molecule has 3 amide bonds. The summed E-state index contributed by atoms with van der Waals surface area (Å²) in [6.07, 6.45) is 9.01. The van der Waals surface area contributed by atoms with Gasteiger partial charge in [0.05, 0.1) is 5.92 Å². The Morgan fingerprint density at radius 2 is 1.42 bits per heavy atom. The number of amides is 3. The Morgan fingerprint density at radius 3 is 2.08 bits per heavy atom. The molecule has 0 aromatic rings. The molecule has 7 nitrogen and oxygen atoms in total. The number of nitrogens with one attached hydrogen (secondary N) is 2. The molecule has 0 radical (unpaired) electrons. The fraction of sp³-hybridized carbons (Fsp3) is 0.842. The van der Waals surface area contributed by atoms with Crippen molar-refractivity contribution in [2.24, 2.45) is 11.8 Å². The van der Waals surface area contributed by atoms with E-state index in [0.29, 0.717) is 32.2 Å². The van der Waals surface area contributed by atoms with Crippen LogP contribution in [0.1, 0.15) is 64.2 Å². The second-order valence-corrected chi connectivity index (χ2v) is 8.11. The van der Waals surface area contributed by atoms with Crippen LogP contribution in [0.4, 0.5) is 4.79 Å². The molecule has 1 atom stereocenters. The minimum Gasteiger partial charge on any atom is -0.481 e. The average molecular weight is 365 g/mol. The van der Waals surface area contributed by atoms with Gasteiger partial charge in [0.2, 0.25) is 5.91 Å². The van der Waals surface area contributed by atoms with Crippen LogP contribution in [0, 0.1) is 11.8 Å². The number of carbonyl (C=O) groups is 3. The molecule has 3 fully saturated rings. The summed E-state index contributed by atoms with van der Waals surface area (Å²) in [4.78, 5) is 37.7. The van der Waals surface area contributed by atoms with E-state index < -0.39 is 5.97 Å². The zero-order chi connectivity index (χ0) is 18.5. The molecule has 3 aliphatic rings. The van der Waals surface area contributed by atoms with Gasteiger partial charge in [0.1, 0.15) is 0 Å². The van der Waals surface area contributed by atoms with Crippen LogP contribution >= 0.6 is 0 Å². The summed E-state index contributed by atoms with van der Waals surface area (Å²) in [7, 11) is 0. The van der Waals surface area contributed by atoms with Gasteiger partial charge in [-0.25, -0.2) is 4.79 Å². The van der Waals surface area contributed by atoms with Crippen LogP contribution in [-0.2, 0) is 9.59 Å². The van der Waals surface area contributed by atoms with E-state index in [-0.39, 0.29) is 35.9 Å². The second-order valence-electron chi connectivity index (χ2n) is 8.11. The lowest BCUT2D eigenvalue weighted by Gasteiger charge is -2.28. The summed E-state index contributed by atoms with van der Waals surface area (Å²) in [5, 5.41) is 15.0. The lowest BCUT2D eigenvalue weighted by Crippen LogP contribution is -2.48. The molecule has 3 rings (SSSR count). The molecule has 0 aromatic carbocycles. The van der Waals surface area contributed by atoms with Crippen molar-refractivity contribution in [3.63, 3.8) is 0 Å². The highest BCUT2D eigenvalue weighted by Gasteiger charge is 2.32. The Bertz CT molecular complexity index is 525. The van der Waals surface area contributed by atoms with Gasteiger partial charge in [0.15, 0.2) is 0 Å². The lowest BCUT2D eigenvalue weighted by molar-refractivity contribution is -0.142. The Balaban J connectivity index is 1.37. The van der Waals surface area contributed by atoms with Gasteiger partial charge >= 0.3 is 12.0 Å². The van der Waals surface area contributed by atoms with Gasteiger partial charge in [0.25, 0.3) is 0 Å². The van der Waals surface area contributed by atoms with Crippen molar-refractivity contribution in [3.8, 4) is 0 Å². The maximum absolute atomic E-state index is 12.6. The number of likely N-dealkylation sites (tertiary alicyclic amines) is 1. The highest BCUT2D eigenvalue weighted by atomic mass is 16.4. The van der Waals surface area contributed by atoms with E-state index in [1.165, 1.54) is 6.42 Å². The van der Waals surface area contributed by atoms with Crippen molar-refractivity contribution in [3.05, 3.63) is 0 Å². The lowest BCUT2D eigenvalue weighted by atomic mass is 9.86. The Morgan fingerprint density at radius 1 is 0.769 bits per heavy atom. The van der Waals surface area contributed by atoms with Crippen LogP contribution in [0.25, 0.3) is 0 Å². The molecule has 2 aliphatic carbocycles. The van der Waals surface area contributed by atoms with Gasteiger partial charge in [-0.1, -0.05) is 19.3 Å². The fourth-order valence-electron chi connectivity index (χ4n) is 4.58. The first-order chi connectivity index (χ1) is 12.5. The highest BCUT2D eigenvalue weighted by Crippen LogP contribution is 2.27. The summed E-state index contributed by atoms with van der Waals surface area (Å²) < 4.78 is 0. The van der Waals surface area contributed by atoms with Gasteiger partial charge in [-0.05, 0) is 44.9 Å². The smallest absolute Gasteiger partial charge is 0.315 e. The minimum absolute atomic E-state index is 0.0119. The Labute approximate surface area is 154 Å². The van der Waals surface area contributed by atoms with Crippen molar-refractivity contribution in [1.29, 1.82) is 0 Å². The number of carboxylic acid groups (broad SMARTS) is 1. The Hall–Kier alpha value is -1.79. The molecule has 26 heavy (non-hydrogen) atoms. The highest BCUT2D eigenvalue weighted by molar-refractivity contribution is 5.79. The fourth-order valence-corrected chi connectivity index (χ4v) is 4.58. The monoisotopic (exact) mass is 365 g/mol. The predicted octanol–water partition coefficient (Wildman–Crippen LogP) is 2.11. The molecule has 146 valence electrons. The average Bonchev–Trinajstić information content (AvgIpc) is 3.10. The number of carbonyl (C=O) groups excluding carboxylic acids is 2. The quantitative estimate of drug-likeness (QED) is 0.710. The molecule has 0 spiro atoms. The molecular formula is C19H31N3O4. The third kappa shape index (κ3) is 4.89. The van der Waals surface area contributed by atoms with E-state index in [1.807, 2.05) is 4.90 Å². The van der Waals surface area contributed by atoms with E-state index in [1.54, 1.807) is 0 Å². The van der Waals surface area contributed by atoms with Gasteiger partial charge in [-0.15, -0.1) is 0 Å². The van der Waals surface area contributed by atoms with Crippen molar-refractivity contribution in [1.82, 2.24) is 15.5 Å². The molecular weight excluding hydrogens is 334 g/mol. The third-order valence-corrected chi connectivity index (χ3v) is 6.20. The topological polar surface area (TPSA) is 98.7 Å². The van der Waals surface area contributed by atoms with Gasteiger partial charge in [-0.3, -0.25) is 9.59 Å². The van der Waals surface area contributed by atoms with E-state index >= 15 is 0 Å². The first-order valence-corrected chi connectivity index (χ1v) is 10.1. The maximum atomic E-state index is 12.6. The van der Waals surface area contributed by atoms with Crippen LogP contribution in [-0.4, -0.2) is 53.1 Å². The van der Waals surface area contributed by atoms with Crippen molar-refractivity contribution in [2.75, 3.05) is 13.1 Å². The van der Waals surface area contributed by atoms with E-state index in [9.17, 15) is 14.4 Å². The summed E-state index contributed by atoms with van der Waals surface area (Å²) >= 11 is 0. The molecule has 1 saturated heterocycles. The van der Waals surface area contributed by atoms with Crippen molar-refractivity contribution < 1.29 is 19.5 Å². The normalized spacial score (nSPS) is 30.0. The predicted molar refractivity (Wildman–Crippen MR) is 96.6 cm³/mol. The Kier molecular flexibility index (Phi) is 6.38. The van der Waals surface area contributed by atoms with E-state index in [4.69, 9.17) is 5.11 Å². The van der Waals surface area contributed by atoms with Crippen molar-refractivity contribution >= 4 is 17.9 Å². The van der Waals surface area contributed by atoms with Crippen LogP contribution < -0.4 is 10.6 Å². The SMILES string of the molecule is O=C(NC1CCC(C(=O)O)CC1)NC1CCN(C(=O)C2CCCCC2)C1. The van der Waals surface area contributed by atoms with Crippen molar-refractivity contribution in [2.45, 2.75) is 76.3 Å². The summed E-state index contributed by atoms with van der Waals surface area (Å²) in [5.74, 6) is -0.561. The molecule has 0 bridgehead atoms. The molecule has 1 heterocycles. The number of aliphatic carboxylic acids is 1. The zero-order valence-corrected chi connectivity index (χ0v) is 15.4. The first kappa shape index (κ1) is 19.0. The molecule has 7 heteroatoms. The summed E-state index contributed by atoms with van der Waals surface area (Å²) in [5.41, 5.74) is 0. The third-order valence-electron chi connectivity index (χ3n) is 6.20. The molecule has 2 saturated carbocycles. The second kappa shape index (κ2) is 8.73. The number of nitrogens with zero attached hydrogens (tertiary/aromatic N) is 1. The maximum Gasteiger partial charge on any atom is 0.315 e. The molecule has 0 aromatic heterocycles. The van der Waals surface area contributed by atoms with Crippen LogP contribution in [0.2, 0.25) is 0 Å². The number of hydrogen-bond acceptors (Lipinski definition) is 3. The number of rotatable bonds is 4. The van der Waals surface area contributed by atoms with E-state index in [2.05, 4.69) is 10.6 Å². The van der Waals surface area contributed by atoms with Crippen LogP contribution in [0.3, 0.4) is 0 Å². The van der Waals surface area contributed by atoms with E-state index in [0.717, 1.165) is 38.6 Å². The van der Waals surface area contributed by atoms with Gasteiger partial charge in [-0.2, -0.15) is 0 Å². The summed E-state index contributed by atoms with van der Waals surface area (Å²) in [6.45, 7) is 1.33. The summed E-state index contributed by atoms with van der Waals surface area (Å²) in [6, 6.07) is -0.134. The van der Waals surface area contributed by atoms with Gasteiger partial charge < -0.3 is 20.6 Å². The standard InChI is InChI=1S/C19H31N3O4/c23-17(13-4-2-1-3-5-13)22-11-10-16(12-22)21-19(26)20-15-8-6-14(7-9-15)18(24)25/h13-16H,1-12H2,(H,24,25)(H2,20,21,26). The zero-order valence-electron chi connectivity index (χ0n) is 15.4. The molecule has 1 unspecified atom stereocenters. The number of hydrogen-bond donors (Lipinski definition) is 3. The molecule has 3 N–H and O–H groups in total. The van der Waals surface area contributed by atoms with Crippen LogP contribution in [0.15, 0.2) is 0 Å². The minimum atomic E-state index is -0.735. The van der Waals surface area contributed by atoms with Gasteiger partial charge in [0, 0.05) is 31.1 Å². The first-order valence-electron chi connectivity index (χ1n) is 10.1. The molecule has 1 aliphatic heterocycles. The van der Waals surface area contributed by atoms with Crippen LogP contribution in [0.5, 0.6) is 0 Å². The number of urea groups is 1.